The van der Waals surface area contributed by atoms with E-state index in [1.54, 1.807) is 0 Å². The molecule has 62 valence electrons. The first-order valence-corrected chi connectivity index (χ1v) is 4.51. The van der Waals surface area contributed by atoms with Gasteiger partial charge in [0.25, 0.3) is 0 Å². The third-order valence-electron chi connectivity index (χ3n) is 1.93. The van der Waals surface area contributed by atoms with Gasteiger partial charge in [0.1, 0.15) is 0 Å². The molecule has 0 amide bonds. The molecule has 0 heterocycles. The van der Waals surface area contributed by atoms with Crippen molar-refractivity contribution in [3.05, 3.63) is 0 Å². The Balaban J connectivity index is 2.97. The fourth-order valence-electron chi connectivity index (χ4n) is 1.27. The summed E-state index contributed by atoms with van der Waals surface area (Å²) in [6.07, 6.45) is 6.59. The summed E-state index contributed by atoms with van der Waals surface area (Å²) in [5.74, 6) is 0.913. The molecule has 1 unspecified atom stereocenters. The standard InChI is InChI=1S/C9H21N/c1-3-6-9(2)7-4-5-8-10/h9H,3-8,10H2,1-2H3. The van der Waals surface area contributed by atoms with Crippen molar-refractivity contribution in [2.75, 3.05) is 6.54 Å². The Morgan fingerprint density at radius 3 is 2.40 bits per heavy atom. The lowest BCUT2D eigenvalue weighted by atomic mass is 9.99. The van der Waals surface area contributed by atoms with Crippen LogP contribution in [0.15, 0.2) is 0 Å². The van der Waals surface area contributed by atoms with Crippen molar-refractivity contribution in [3.63, 3.8) is 0 Å². The van der Waals surface area contributed by atoms with E-state index in [0.717, 1.165) is 12.5 Å². The zero-order valence-electron chi connectivity index (χ0n) is 7.40. The van der Waals surface area contributed by atoms with Crippen LogP contribution >= 0.6 is 0 Å². The van der Waals surface area contributed by atoms with Crippen LogP contribution in [0.4, 0.5) is 0 Å². The maximum absolute atomic E-state index is 5.39. The lowest BCUT2D eigenvalue weighted by molar-refractivity contribution is 0.463. The van der Waals surface area contributed by atoms with E-state index >= 15 is 0 Å². The van der Waals surface area contributed by atoms with Crippen molar-refractivity contribution < 1.29 is 0 Å². The molecule has 0 aliphatic rings. The molecule has 0 aromatic carbocycles. The Morgan fingerprint density at radius 2 is 1.90 bits per heavy atom. The molecule has 0 aliphatic carbocycles. The van der Waals surface area contributed by atoms with Gasteiger partial charge in [-0.05, 0) is 18.9 Å². The molecule has 2 N–H and O–H groups in total. The summed E-state index contributed by atoms with van der Waals surface area (Å²) < 4.78 is 0. The van der Waals surface area contributed by atoms with Crippen molar-refractivity contribution in [2.45, 2.75) is 46.0 Å². The first-order valence-electron chi connectivity index (χ1n) is 4.51. The summed E-state index contributed by atoms with van der Waals surface area (Å²) >= 11 is 0. The van der Waals surface area contributed by atoms with E-state index in [0.29, 0.717) is 0 Å². The Kier molecular flexibility index (Phi) is 7.04. The van der Waals surface area contributed by atoms with E-state index in [1.807, 2.05) is 0 Å². The van der Waals surface area contributed by atoms with Gasteiger partial charge in [0, 0.05) is 0 Å². The predicted molar refractivity (Wildman–Crippen MR) is 47.0 cm³/mol. The van der Waals surface area contributed by atoms with Crippen molar-refractivity contribution in [3.8, 4) is 0 Å². The molecule has 1 nitrogen and oxygen atoms in total. The molecule has 1 heteroatoms. The van der Waals surface area contributed by atoms with Crippen LogP contribution in [0.25, 0.3) is 0 Å². The minimum atomic E-state index is 0.860. The summed E-state index contributed by atoms with van der Waals surface area (Å²) in [5, 5.41) is 0. The molecule has 0 aliphatic heterocycles. The largest absolute Gasteiger partial charge is 0.330 e. The van der Waals surface area contributed by atoms with E-state index < -0.39 is 0 Å². The zero-order chi connectivity index (χ0) is 7.82. The molecular weight excluding hydrogens is 122 g/mol. The van der Waals surface area contributed by atoms with Crippen LogP contribution < -0.4 is 5.73 Å². The lowest BCUT2D eigenvalue weighted by Gasteiger charge is -2.07. The highest BCUT2D eigenvalue weighted by molar-refractivity contribution is 4.52. The highest BCUT2D eigenvalue weighted by Gasteiger charge is 1.98. The van der Waals surface area contributed by atoms with Gasteiger partial charge in [-0.3, -0.25) is 0 Å². The van der Waals surface area contributed by atoms with Crippen LogP contribution in [0, 0.1) is 5.92 Å². The third-order valence-corrected chi connectivity index (χ3v) is 1.93. The number of hydrogen-bond acceptors (Lipinski definition) is 1. The van der Waals surface area contributed by atoms with Gasteiger partial charge in [0.05, 0.1) is 0 Å². The normalized spacial score (nSPS) is 13.5. The van der Waals surface area contributed by atoms with Gasteiger partial charge in [-0.15, -0.1) is 0 Å². The van der Waals surface area contributed by atoms with E-state index in [9.17, 15) is 0 Å². The molecule has 10 heavy (non-hydrogen) atoms. The molecule has 0 spiro atoms. The van der Waals surface area contributed by atoms with Crippen LogP contribution in [-0.4, -0.2) is 6.54 Å². The van der Waals surface area contributed by atoms with Gasteiger partial charge in [0.15, 0.2) is 0 Å². The average Bonchev–Trinajstić information content (AvgIpc) is 1.89. The molecule has 0 saturated heterocycles. The van der Waals surface area contributed by atoms with Crippen molar-refractivity contribution in [2.24, 2.45) is 11.7 Å². The van der Waals surface area contributed by atoms with Gasteiger partial charge in [0.2, 0.25) is 0 Å². The Hall–Kier alpha value is -0.0400. The van der Waals surface area contributed by atoms with Crippen LogP contribution in [0.1, 0.15) is 46.0 Å². The second kappa shape index (κ2) is 7.07. The van der Waals surface area contributed by atoms with Crippen molar-refractivity contribution in [1.82, 2.24) is 0 Å². The van der Waals surface area contributed by atoms with Crippen LogP contribution in [0.3, 0.4) is 0 Å². The minimum Gasteiger partial charge on any atom is -0.330 e. The first-order chi connectivity index (χ1) is 4.81. The second-order valence-electron chi connectivity index (χ2n) is 3.18. The fraction of sp³-hybridized carbons (Fsp3) is 1.00. The molecule has 0 radical (unpaired) electrons. The highest BCUT2D eigenvalue weighted by atomic mass is 14.5. The molecule has 0 aromatic heterocycles. The fourth-order valence-corrected chi connectivity index (χ4v) is 1.27. The molecule has 0 fully saturated rings. The first kappa shape index (κ1) is 9.96. The zero-order valence-corrected chi connectivity index (χ0v) is 7.40. The molecule has 0 rings (SSSR count). The highest BCUT2D eigenvalue weighted by Crippen LogP contribution is 2.12. The molecule has 1 atom stereocenters. The van der Waals surface area contributed by atoms with E-state index in [1.165, 1.54) is 32.1 Å². The van der Waals surface area contributed by atoms with Gasteiger partial charge >= 0.3 is 0 Å². The van der Waals surface area contributed by atoms with Gasteiger partial charge < -0.3 is 5.73 Å². The summed E-state index contributed by atoms with van der Waals surface area (Å²) in [6, 6.07) is 0. The van der Waals surface area contributed by atoms with Crippen molar-refractivity contribution in [1.29, 1.82) is 0 Å². The number of nitrogens with two attached hydrogens (primary N) is 1. The van der Waals surface area contributed by atoms with E-state index in [4.69, 9.17) is 5.73 Å². The third kappa shape index (κ3) is 6.09. The van der Waals surface area contributed by atoms with Crippen LogP contribution in [0.5, 0.6) is 0 Å². The van der Waals surface area contributed by atoms with E-state index in [2.05, 4.69) is 13.8 Å². The van der Waals surface area contributed by atoms with Gasteiger partial charge in [-0.2, -0.15) is 0 Å². The minimum absolute atomic E-state index is 0.860. The van der Waals surface area contributed by atoms with Gasteiger partial charge in [-0.25, -0.2) is 0 Å². The lowest BCUT2D eigenvalue weighted by Crippen LogP contribution is -2.00. The molecule has 0 bridgehead atoms. The van der Waals surface area contributed by atoms with E-state index in [-0.39, 0.29) is 0 Å². The quantitative estimate of drug-likeness (QED) is 0.568. The van der Waals surface area contributed by atoms with Crippen molar-refractivity contribution >= 4 is 0 Å². The van der Waals surface area contributed by atoms with Crippen LogP contribution in [0.2, 0.25) is 0 Å². The Bertz CT molecular complexity index is 61.7. The average molecular weight is 143 g/mol. The molecular formula is C9H21N. The van der Waals surface area contributed by atoms with Crippen LogP contribution in [-0.2, 0) is 0 Å². The smallest absolute Gasteiger partial charge is 0.00773 e. The number of hydrogen-bond donors (Lipinski definition) is 1. The molecule has 0 aromatic rings. The Morgan fingerprint density at radius 1 is 1.20 bits per heavy atom. The second-order valence-corrected chi connectivity index (χ2v) is 3.18. The summed E-state index contributed by atoms with van der Waals surface area (Å²) in [5.41, 5.74) is 5.39. The Labute approximate surface area is 65.0 Å². The summed E-state index contributed by atoms with van der Waals surface area (Å²) in [6.45, 7) is 5.44. The number of unbranched alkanes of at least 4 members (excludes halogenated alkanes) is 1. The summed E-state index contributed by atoms with van der Waals surface area (Å²) in [4.78, 5) is 0. The maximum Gasteiger partial charge on any atom is -0.00773 e. The van der Waals surface area contributed by atoms with Gasteiger partial charge in [-0.1, -0.05) is 39.5 Å². The topological polar surface area (TPSA) is 26.0 Å². The predicted octanol–water partition coefficient (Wildman–Crippen LogP) is 2.55. The number of rotatable bonds is 6. The maximum atomic E-state index is 5.39. The SMILES string of the molecule is CCCC(C)CCCCN. The molecule has 0 saturated carbocycles. The monoisotopic (exact) mass is 143 g/mol. The summed E-state index contributed by atoms with van der Waals surface area (Å²) in [7, 11) is 0.